The second-order valence-corrected chi connectivity index (χ2v) is 5.60. The molecule has 4 nitrogen and oxygen atoms in total. The van der Waals surface area contributed by atoms with E-state index in [4.69, 9.17) is 0 Å². The Morgan fingerprint density at radius 2 is 1.85 bits per heavy atom. The zero-order chi connectivity index (χ0) is 14.5. The summed E-state index contributed by atoms with van der Waals surface area (Å²) in [7, 11) is 0. The summed E-state index contributed by atoms with van der Waals surface area (Å²) in [6.45, 7) is 9.10. The largest absolute Gasteiger partial charge is 0.385 e. The van der Waals surface area contributed by atoms with E-state index in [1.54, 1.807) is 11.8 Å². The third-order valence-electron chi connectivity index (χ3n) is 3.16. The number of aromatic nitrogens is 3. The fourth-order valence-corrected chi connectivity index (χ4v) is 2.65. The van der Waals surface area contributed by atoms with Gasteiger partial charge in [-0.25, -0.2) is 9.97 Å². The van der Waals surface area contributed by atoms with E-state index >= 15 is 0 Å². The fourth-order valence-electron chi connectivity index (χ4n) is 1.82. The molecule has 0 aliphatic carbocycles. The summed E-state index contributed by atoms with van der Waals surface area (Å²) in [6, 6.07) is 4.05. The van der Waals surface area contributed by atoms with Crippen LogP contribution in [-0.4, -0.2) is 21.5 Å². The molecule has 0 radical (unpaired) electrons. The van der Waals surface area contributed by atoms with Gasteiger partial charge in [0.15, 0.2) is 5.16 Å². The zero-order valence-electron chi connectivity index (χ0n) is 12.4. The molecule has 0 fully saturated rings. The number of aryl methyl sites for hydroxylation is 2. The molecule has 0 aliphatic heterocycles. The summed E-state index contributed by atoms with van der Waals surface area (Å²) in [5, 5.41) is 4.11. The molecule has 2 aromatic heterocycles. The highest BCUT2D eigenvalue weighted by Crippen LogP contribution is 2.21. The lowest BCUT2D eigenvalue weighted by Gasteiger charge is -2.07. The van der Waals surface area contributed by atoms with E-state index in [1.165, 1.54) is 5.56 Å². The Labute approximate surface area is 124 Å². The molecule has 1 N–H and O–H groups in total. The van der Waals surface area contributed by atoms with E-state index in [1.807, 2.05) is 26.1 Å². The fraction of sp³-hybridized carbons (Fsp3) is 0.400. The molecule has 5 heteroatoms. The van der Waals surface area contributed by atoms with Gasteiger partial charge in [-0.2, -0.15) is 0 Å². The van der Waals surface area contributed by atoms with E-state index in [0.717, 1.165) is 40.2 Å². The predicted octanol–water partition coefficient (Wildman–Crippen LogP) is 3.52. The van der Waals surface area contributed by atoms with Gasteiger partial charge < -0.3 is 5.32 Å². The summed E-state index contributed by atoms with van der Waals surface area (Å²) in [6.07, 6.45) is 1.83. The van der Waals surface area contributed by atoms with Crippen LogP contribution in [0.15, 0.2) is 23.5 Å². The Morgan fingerprint density at radius 3 is 2.50 bits per heavy atom. The lowest BCUT2D eigenvalue weighted by atomic mass is 10.2. The lowest BCUT2D eigenvalue weighted by Crippen LogP contribution is -2.00. The van der Waals surface area contributed by atoms with Crippen LogP contribution in [0.2, 0.25) is 0 Å². The van der Waals surface area contributed by atoms with E-state index < -0.39 is 0 Å². The highest BCUT2D eigenvalue weighted by atomic mass is 32.2. The van der Waals surface area contributed by atoms with E-state index in [-0.39, 0.29) is 0 Å². The standard InChI is InChI=1S/C15H20N4S/c1-5-16-13-6-7-17-14(8-13)9-20-15-18-11(3)10(2)12(4)19-15/h6-8H,5,9H2,1-4H3,(H,16,17). The van der Waals surface area contributed by atoms with Gasteiger partial charge in [-0.05, 0) is 45.4 Å². The van der Waals surface area contributed by atoms with Gasteiger partial charge in [-0.3, -0.25) is 4.98 Å². The monoisotopic (exact) mass is 288 g/mol. The quantitative estimate of drug-likeness (QED) is 0.674. The second kappa shape index (κ2) is 6.70. The average Bonchev–Trinajstić information content (AvgIpc) is 2.43. The van der Waals surface area contributed by atoms with Crippen molar-refractivity contribution in [3.05, 3.63) is 41.0 Å². The zero-order valence-corrected chi connectivity index (χ0v) is 13.2. The van der Waals surface area contributed by atoms with Crippen LogP contribution in [0.1, 0.15) is 29.6 Å². The van der Waals surface area contributed by atoms with Crippen molar-refractivity contribution in [3.8, 4) is 0 Å². The molecule has 2 heterocycles. The summed E-state index contributed by atoms with van der Waals surface area (Å²) in [5.74, 6) is 0.779. The minimum absolute atomic E-state index is 0.779. The number of anilines is 1. The second-order valence-electron chi connectivity index (χ2n) is 4.66. The minimum atomic E-state index is 0.779. The summed E-state index contributed by atoms with van der Waals surface area (Å²) in [5.41, 5.74) is 5.41. The molecular weight excluding hydrogens is 268 g/mol. The Morgan fingerprint density at radius 1 is 1.15 bits per heavy atom. The van der Waals surface area contributed by atoms with Gasteiger partial charge in [0.1, 0.15) is 0 Å². The number of pyridine rings is 1. The van der Waals surface area contributed by atoms with Crippen molar-refractivity contribution in [2.75, 3.05) is 11.9 Å². The first-order valence-electron chi connectivity index (χ1n) is 6.73. The highest BCUT2D eigenvalue weighted by molar-refractivity contribution is 7.98. The first-order chi connectivity index (χ1) is 9.60. The topological polar surface area (TPSA) is 50.7 Å². The summed E-state index contributed by atoms with van der Waals surface area (Å²) < 4.78 is 0. The van der Waals surface area contributed by atoms with Gasteiger partial charge in [-0.1, -0.05) is 11.8 Å². The van der Waals surface area contributed by atoms with Crippen LogP contribution in [-0.2, 0) is 5.75 Å². The van der Waals surface area contributed by atoms with Gasteiger partial charge in [0, 0.05) is 35.6 Å². The van der Waals surface area contributed by atoms with E-state index in [2.05, 4.69) is 40.2 Å². The third-order valence-corrected chi connectivity index (χ3v) is 4.04. The van der Waals surface area contributed by atoms with Crippen LogP contribution < -0.4 is 5.32 Å². The van der Waals surface area contributed by atoms with Gasteiger partial charge in [0.25, 0.3) is 0 Å². The summed E-state index contributed by atoms with van der Waals surface area (Å²) in [4.78, 5) is 13.4. The number of hydrogen-bond acceptors (Lipinski definition) is 5. The van der Waals surface area contributed by atoms with Gasteiger partial charge in [0.05, 0.1) is 5.69 Å². The minimum Gasteiger partial charge on any atom is -0.385 e. The predicted molar refractivity (Wildman–Crippen MR) is 84.2 cm³/mol. The van der Waals surface area contributed by atoms with Gasteiger partial charge in [-0.15, -0.1) is 0 Å². The van der Waals surface area contributed by atoms with Gasteiger partial charge in [0.2, 0.25) is 0 Å². The number of nitrogens with one attached hydrogen (secondary N) is 1. The maximum atomic E-state index is 4.52. The SMILES string of the molecule is CCNc1ccnc(CSc2nc(C)c(C)c(C)n2)c1. The van der Waals surface area contributed by atoms with Crippen LogP contribution >= 0.6 is 11.8 Å². The molecule has 0 amide bonds. The third kappa shape index (κ3) is 3.70. The van der Waals surface area contributed by atoms with Crippen molar-refractivity contribution in [2.24, 2.45) is 0 Å². The first kappa shape index (κ1) is 14.8. The van der Waals surface area contributed by atoms with Crippen molar-refractivity contribution in [1.82, 2.24) is 15.0 Å². The first-order valence-corrected chi connectivity index (χ1v) is 7.72. The molecule has 0 saturated heterocycles. The highest BCUT2D eigenvalue weighted by Gasteiger charge is 2.06. The maximum absolute atomic E-state index is 4.52. The molecule has 0 bridgehead atoms. The molecule has 0 spiro atoms. The molecule has 0 atom stereocenters. The molecule has 2 rings (SSSR count). The molecule has 106 valence electrons. The normalized spacial score (nSPS) is 10.6. The van der Waals surface area contributed by atoms with Crippen LogP contribution in [0.5, 0.6) is 0 Å². The van der Waals surface area contributed by atoms with Crippen molar-refractivity contribution in [1.29, 1.82) is 0 Å². The van der Waals surface area contributed by atoms with E-state index in [0.29, 0.717) is 0 Å². The van der Waals surface area contributed by atoms with Crippen LogP contribution in [0.4, 0.5) is 5.69 Å². The van der Waals surface area contributed by atoms with E-state index in [9.17, 15) is 0 Å². The molecule has 0 unspecified atom stereocenters. The molecule has 0 saturated carbocycles. The summed E-state index contributed by atoms with van der Waals surface area (Å²) >= 11 is 1.62. The van der Waals surface area contributed by atoms with Crippen molar-refractivity contribution in [3.63, 3.8) is 0 Å². The van der Waals surface area contributed by atoms with Gasteiger partial charge >= 0.3 is 0 Å². The molecular formula is C15H20N4S. The molecule has 0 aliphatic rings. The molecule has 2 aromatic rings. The number of thioether (sulfide) groups is 1. The smallest absolute Gasteiger partial charge is 0.188 e. The van der Waals surface area contributed by atoms with Crippen molar-refractivity contribution >= 4 is 17.4 Å². The average molecular weight is 288 g/mol. The number of rotatable bonds is 5. The Bertz CT molecular complexity index is 575. The van der Waals surface area contributed by atoms with Crippen molar-refractivity contribution < 1.29 is 0 Å². The van der Waals surface area contributed by atoms with Crippen LogP contribution in [0.25, 0.3) is 0 Å². The van der Waals surface area contributed by atoms with Crippen LogP contribution in [0.3, 0.4) is 0 Å². The molecule has 20 heavy (non-hydrogen) atoms. The Hall–Kier alpha value is -1.62. The number of nitrogens with zero attached hydrogens (tertiary/aromatic N) is 3. The number of hydrogen-bond donors (Lipinski definition) is 1. The van der Waals surface area contributed by atoms with Crippen LogP contribution in [0, 0.1) is 20.8 Å². The Balaban J connectivity index is 2.07. The van der Waals surface area contributed by atoms with Crippen molar-refractivity contribution in [2.45, 2.75) is 38.6 Å². The lowest BCUT2D eigenvalue weighted by molar-refractivity contribution is 0.880. The maximum Gasteiger partial charge on any atom is 0.188 e. The Kier molecular flexibility index (Phi) is 4.95. The molecule has 0 aromatic carbocycles.